The van der Waals surface area contributed by atoms with Gasteiger partial charge in [0, 0.05) is 23.4 Å². The van der Waals surface area contributed by atoms with E-state index in [-0.39, 0.29) is 5.91 Å². The standard InChI is InChI=1S/C17H23N3O2/c1-11(2)10-22-15-7-5-6-14(8-15)17(21)18-9-16-12(3)19-20-13(16)4/h5-8,11H,9-10H2,1-4H3,(H,18,21)(H,19,20). The molecule has 0 fully saturated rings. The molecule has 0 atom stereocenters. The van der Waals surface area contributed by atoms with Gasteiger partial charge in [0.1, 0.15) is 5.75 Å². The molecule has 2 aromatic rings. The summed E-state index contributed by atoms with van der Waals surface area (Å²) < 4.78 is 5.65. The van der Waals surface area contributed by atoms with Crippen LogP contribution < -0.4 is 10.1 Å². The molecule has 0 aliphatic carbocycles. The molecule has 1 aromatic carbocycles. The zero-order valence-corrected chi connectivity index (χ0v) is 13.6. The molecule has 2 rings (SSSR count). The Morgan fingerprint density at radius 2 is 2.14 bits per heavy atom. The summed E-state index contributed by atoms with van der Waals surface area (Å²) in [5.41, 5.74) is 3.51. The Morgan fingerprint density at radius 3 is 2.77 bits per heavy atom. The number of carbonyl (C=O) groups excluding carboxylic acids is 1. The molecule has 0 bridgehead atoms. The van der Waals surface area contributed by atoms with Crippen LogP contribution in [-0.4, -0.2) is 22.7 Å². The van der Waals surface area contributed by atoms with E-state index in [4.69, 9.17) is 4.74 Å². The Morgan fingerprint density at radius 1 is 1.36 bits per heavy atom. The van der Waals surface area contributed by atoms with Gasteiger partial charge in [-0.3, -0.25) is 9.89 Å². The highest BCUT2D eigenvalue weighted by atomic mass is 16.5. The molecule has 1 amide bonds. The van der Waals surface area contributed by atoms with Gasteiger partial charge in [-0.2, -0.15) is 5.10 Å². The molecular weight excluding hydrogens is 278 g/mol. The highest BCUT2D eigenvalue weighted by Crippen LogP contribution is 2.15. The van der Waals surface area contributed by atoms with Crippen LogP contribution in [0.25, 0.3) is 0 Å². The van der Waals surface area contributed by atoms with E-state index < -0.39 is 0 Å². The Labute approximate surface area is 131 Å². The maximum atomic E-state index is 12.3. The van der Waals surface area contributed by atoms with Gasteiger partial charge in [0.05, 0.1) is 12.3 Å². The summed E-state index contributed by atoms with van der Waals surface area (Å²) in [5, 5.41) is 9.96. The summed E-state index contributed by atoms with van der Waals surface area (Å²) in [5.74, 6) is 1.05. The van der Waals surface area contributed by atoms with E-state index in [0.29, 0.717) is 24.6 Å². The van der Waals surface area contributed by atoms with Crippen LogP contribution in [0.4, 0.5) is 0 Å². The maximum Gasteiger partial charge on any atom is 0.251 e. The van der Waals surface area contributed by atoms with E-state index in [0.717, 1.165) is 22.7 Å². The van der Waals surface area contributed by atoms with Gasteiger partial charge >= 0.3 is 0 Å². The smallest absolute Gasteiger partial charge is 0.251 e. The van der Waals surface area contributed by atoms with Crippen LogP contribution in [0.5, 0.6) is 5.75 Å². The third kappa shape index (κ3) is 4.10. The number of aromatic amines is 1. The second-order valence-corrected chi connectivity index (χ2v) is 5.83. The molecule has 1 heterocycles. The zero-order chi connectivity index (χ0) is 16.1. The van der Waals surface area contributed by atoms with E-state index >= 15 is 0 Å². The Kier molecular flexibility index (Phi) is 5.20. The Hall–Kier alpha value is -2.30. The minimum Gasteiger partial charge on any atom is -0.493 e. The molecule has 0 radical (unpaired) electrons. The lowest BCUT2D eigenvalue weighted by Gasteiger charge is -2.10. The van der Waals surface area contributed by atoms with Crippen molar-refractivity contribution in [1.82, 2.24) is 15.5 Å². The average Bonchev–Trinajstić information content (AvgIpc) is 2.82. The predicted octanol–water partition coefficient (Wildman–Crippen LogP) is 2.99. The SMILES string of the molecule is Cc1n[nH]c(C)c1CNC(=O)c1cccc(OCC(C)C)c1. The fourth-order valence-electron chi connectivity index (χ4n) is 2.10. The number of nitrogens with one attached hydrogen (secondary N) is 2. The number of ether oxygens (including phenoxy) is 1. The highest BCUT2D eigenvalue weighted by molar-refractivity contribution is 5.94. The van der Waals surface area contributed by atoms with E-state index in [1.807, 2.05) is 26.0 Å². The number of rotatable bonds is 6. The Balaban J connectivity index is 1.99. The van der Waals surface area contributed by atoms with Crippen LogP contribution in [0.15, 0.2) is 24.3 Å². The van der Waals surface area contributed by atoms with Crippen LogP contribution in [0.1, 0.15) is 41.2 Å². The fraction of sp³-hybridized carbons (Fsp3) is 0.412. The molecule has 5 heteroatoms. The lowest BCUT2D eigenvalue weighted by Crippen LogP contribution is -2.23. The number of hydrogen-bond donors (Lipinski definition) is 2. The van der Waals surface area contributed by atoms with Crippen LogP contribution in [0.2, 0.25) is 0 Å². The maximum absolute atomic E-state index is 12.3. The van der Waals surface area contributed by atoms with Gasteiger partial charge in [-0.05, 0) is 38.0 Å². The summed E-state index contributed by atoms with van der Waals surface area (Å²) >= 11 is 0. The Bertz CT molecular complexity index is 628. The van der Waals surface area contributed by atoms with Crippen molar-refractivity contribution in [2.75, 3.05) is 6.61 Å². The number of carbonyl (C=O) groups is 1. The van der Waals surface area contributed by atoms with Crippen molar-refractivity contribution >= 4 is 5.91 Å². The van der Waals surface area contributed by atoms with E-state index in [1.54, 1.807) is 12.1 Å². The van der Waals surface area contributed by atoms with Crippen LogP contribution in [0.3, 0.4) is 0 Å². The summed E-state index contributed by atoms with van der Waals surface area (Å²) in [6.07, 6.45) is 0. The number of amides is 1. The first-order chi connectivity index (χ1) is 10.5. The molecule has 0 aliphatic rings. The van der Waals surface area contributed by atoms with Gasteiger partial charge in [-0.1, -0.05) is 19.9 Å². The summed E-state index contributed by atoms with van der Waals surface area (Å²) in [7, 11) is 0. The van der Waals surface area contributed by atoms with Gasteiger partial charge in [0.15, 0.2) is 0 Å². The molecule has 0 saturated carbocycles. The number of aromatic nitrogens is 2. The molecule has 0 unspecified atom stereocenters. The zero-order valence-electron chi connectivity index (χ0n) is 13.6. The second-order valence-electron chi connectivity index (χ2n) is 5.83. The minimum atomic E-state index is -0.116. The van der Waals surface area contributed by atoms with Gasteiger partial charge < -0.3 is 10.1 Å². The normalized spacial score (nSPS) is 10.8. The first-order valence-corrected chi connectivity index (χ1v) is 7.49. The largest absolute Gasteiger partial charge is 0.493 e. The van der Waals surface area contributed by atoms with E-state index in [9.17, 15) is 4.79 Å². The van der Waals surface area contributed by atoms with Gasteiger partial charge in [0.2, 0.25) is 0 Å². The van der Waals surface area contributed by atoms with Crippen LogP contribution in [0, 0.1) is 19.8 Å². The number of aryl methyl sites for hydroxylation is 2. The minimum absolute atomic E-state index is 0.116. The fourth-order valence-corrected chi connectivity index (χ4v) is 2.10. The average molecular weight is 301 g/mol. The molecule has 118 valence electrons. The first-order valence-electron chi connectivity index (χ1n) is 7.49. The number of nitrogens with zero attached hydrogens (tertiary/aromatic N) is 1. The molecule has 22 heavy (non-hydrogen) atoms. The van der Waals surface area contributed by atoms with Crippen molar-refractivity contribution < 1.29 is 9.53 Å². The summed E-state index contributed by atoms with van der Waals surface area (Å²) in [4.78, 5) is 12.3. The highest BCUT2D eigenvalue weighted by Gasteiger charge is 2.10. The lowest BCUT2D eigenvalue weighted by molar-refractivity contribution is 0.0950. The van der Waals surface area contributed by atoms with E-state index in [1.165, 1.54) is 0 Å². The van der Waals surface area contributed by atoms with Gasteiger partial charge in [-0.15, -0.1) is 0 Å². The van der Waals surface area contributed by atoms with Crippen molar-refractivity contribution in [3.8, 4) is 5.75 Å². The van der Waals surface area contributed by atoms with Crippen molar-refractivity contribution in [1.29, 1.82) is 0 Å². The number of benzene rings is 1. The molecule has 0 aliphatic heterocycles. The topological polar surface area (TPSA) is 67.0 Å². The lowest BCUT2D eigenvalue weighted by atomic mass is 10.1. The number of hydrogen-bond acceptors (Lipinski definition) is 3. The monoisotopic (exact) mass is 301 g/mol. The molecule has 0 spiro atoms. The van der Waals surface area contributed by atoms with Crippen molar-refractivity contribution in [3.05, 3.63) is 46.8 Å². The van der Waals surface area contributed by atoms with Crippen molar-refractivity contribution in [2.24, 2.45) is 5.92 Å². The molecule has 5 nitrogen and oxygen atoms in total. The van der Waals surface area contributed by atoms with Crippen LogP contribution >= 0.6 is 0 Å². The predicted molar refractivity (Wildman–Crippen MR) is 86.0 cm³/mol. The quantitative estimate of drug-likeness (QED) is 0.862. The molecule has 2 N–H and O–H groups in total. The van der Waals surface area contributed by atoms with Crippen molar-refractivity contribution in [3.63, 3.8) is 0 Å². The first kappa shape index (κ1) is 16.1. The second kappa shape index (κ2) is 7.11. The summed E-state index contributed by atoms with van der Waals surface area (Å²) in [6, 6.07) is 7.25. The van der Waals surface area contributed by atoms with E-state index in [2.05, 4.69) is 29.4 Å². The third-order valence-corrected chi connectivity index (χ3v) is 3.39. The molecule has 0 saturated heterocycles. The van der Waals surface area contributed by atoms with Gasteiger partial charge in [0.25, 0.3) is 5.91 Å². The third-order valence-electron chi connectivity index (χ3n) is 3.39. The van der Waals surface area contributed by atoms with Crippen molar-refractivity contribution in [2.45, 2.75) is 34.2 Å². The van der Waals surface area contributed by atoms with Crippen LogP contribution in [-0.2, 0) is 6.54 Å². The number of H-pyrrole nitrogens is 1. The van der Waals surface area contributed by atoms with Gasteiger partial charge in [-0.25, -0.2) is 0 Å². The summed E-state index contributed by atoms with van der Waals surface area (Å²) in [6.45, 7) is 9.15. The molecular formula is C17H23N3O2. The molecule has 1 aromatic heterocycles.